The minimum atomic E-state index is -3.65. The highest BCUT2D eigenvalue weighted by molar-refractivity contribution is 14.1. The van der Waals surface area contributed by atoms with E-state index < -0.39 is 10.0 Å². The molecule has 0 amide bonds. The van der Waals surface area contributed by atoms with Gasteiger partial charge in [0.05, 0.1) is 7.11 Å². The zero-order valence-corrected chi connectivity index (χ0v) is 14.7. The van der Waals surface area contributed by atoms with E-state index in [9.17, 15) is 8.42 Å². The highest BCUT2D eigenvalue weighted by Crippen LogP contribution is 2.27. The van der Waals surface area contributed by atoms with Crippen molar-refractivity contribution in [3.8, 4) is 5.75 Å². The molecule has 0 aliphatic carbocycles. The Morgan fingerprint density at radius 3 is 2.43 bits per heavy atom. The first-order valence-corrected chi connectivity index (χ1v) is 8.91. The first-order chi connectivity index (χ1) is 9.94. The van der Waals surface area contributed by atoms with Gasteiger partial charge in [-0.1, -0.05) is 30.3 Å². The van der Waals surface area contributed by atoms with Gasteiger partial charge < -0.3 is 4.74 Å². The van der Waals surface area contributed by atoms with Gasteiger partial charge in [0, 0.05) is 9.61 Å². The van der Waals surface area contributed by atoms with E-state index in [1.54, 1.807) is 18.2 Å². The second-order valence-electron chi connectivity index (χ2n) is 4.55. The second kappa shape index (κ2) is 6.76. The molecule has 2 rings (SSSR count). The second-order valence-corrected chi connectivity index (χ2v) is 7.48. The lowest BCUT2D eigenvalue weighted by atomic mass is 10.1. The first-order valence-electron chi connectivity index (χ1n) is 6.35. The molecule has 0 bridgehead atoms. The lowest BCUT2D eigenvalue weighted by molar-refractivity contribution is 0.402. The Morgan fingerprint density at radius 2 is 1.81 bits per heavy atom. The van der Waals surface area contributed by atoms with Crippen LogP contribution in [0.5, 0.6) is 5.75 Å². The zero-order valence-electron chi connectivity index (χ0n) is 11.7. The summed E-state index contributed by atoms with van der Waals surface area (Å²) in [6.07, 6.45) is 0. The van der Waals surface area contributed by atoms with Crippen LogP contribution in [0.15, 0.2) is 53.4 Å². The molecule has 4 nitrogen and oxygen atoms in total. The highest BCUT2D eigenvalue weighted by Gasteiger charge is 2.22. The molecular weight excluding hydrogens is 401 g/mol. The van der Waals surface area contributed by atoms with Crippen molar-refractivity contribution in [1.29, 1.82) is 0 Å². The number of halogens is 1. The summed E-state index contributed by atoms with van der Waals surface area (Å²) in [4.78, 5) is 0.152. The molecule has 0 aliphatic rings. The van der Waals surface area contributed by atoms with Crippen LogP contribution in [-0.2, 0) is 10.0 Å². The summed E-state index contributed by atoms with van der Waals surface area (Å²) in [5.74, 6) is 0.336. The SMILES string of the molecule is COc1ccc(I)cc1S(=O)(=O)N[C@@H](C)c1ccccc1. The van der Waals surface area contributed by atoms with Crippen LogP contribution in [0.4, 0.5) is 0 Å². The Kier molecular flexibility index (Phi) is 5.23. The van der Waals surface area contributed by atoms with E-state index >= 15 is 0 Å². The number of sulfonamides is 1. The maximum atomic E-state index is 12.6. The third-order valence-corrected chi connectivity index (χ3v) is 5.28. The molecule has 0 aliphatic heterocycles. The van der Waals surface area contributed by atoms with Gasteiger partial charge in [0.25, 0.3) is 0 Å². The molecular formula is C15H16INO3S. The molecule has 0 saturated carbocycles. The van der Waals surface area contributed by atoms with E-state index in [0.717, 1.165) is 9.13 Å². The standard InChI is InChI=1S/C15H16INO3S/c1-11(12-6-4-3-5-7-12)17-21(18,19)15-10-13(16)8-9-14(15)20-2/h3-11,17H,1-2H3/t11-/m0/s1. The molecule has 2 aromatic rings. The molecule has 0 spiro atoms. The van der Waals surface area contributed by atoms with Crippen LogP contribution in [0.25, 0.3) is 0 Å². The number of ether oxygens (including phenoxy) is 1. The number of methoxy groups -OCH3 is 1. The van der Waals surface area contributed by atoms with Gasteiger partial charge in [-0.25, -0.2) is 13.1 Å². The van der Waals surface area contributed by atoms with E-state index in [-0.39, 0.29) is 10.9 Å². The van der Waals surface area contributed by atoms with E-state index in [0.29, 0.717) is 5.75 Å². The summed E-state index contributed by atoms with van der Waals surface area (Å²) in [7, 11) is -2.19. The Labute approximate surface area is 138 Å². The number of nitrogens with one attached hydrogen (secondary N) is 1. The van der Waals surface area contributed by atoms with Crippen LogP contribution < -0.4 is 9.46 Å². The highest BCUT2D eigenvalue weighted by atomic mass is 127. The quantitative estimate of drug-likeness (QED) is 0.760. The normalized spacial score (nSPS) is 12.9. The van der Waals surface area contributed by atoms with Gasteiger partial charge in [-0.2, -0.15) is 0 Å². The first kappa shape index (κ1) is 16.3. The molecule has 0 radical (unpaired) electrons. The van der Waals surface area contributed by atoms with Crippen molar-refractivity contribution < 1.29 is 13.2 Å². The molecule has 0 saturated heterocycles. The van der Waals surface area contributed by atoms with Crippen molar-refractivity contribution in [2.45, 2.75) is 17.9 Å². The lowest BCUT2D eigenvalue weighted by Crippen LogP contribution is -2.27. The van der Waals surface area contributed by atoms with Gasteiger partial charge in [0.15, 0.2) is 0 Å². The molecule has 1 atom stereocenters. The largest absolute Gasteiger partial charge is 0.495 e. The fourth-order valence-electron chi connectivity index (χ4n) is 1.97. The molecule has 0 heterocycles. The van der Waals surface area contributed by atoms with Crippen molar-refractivity contribution in [3.05, 3.63) is 57.7 Å². The molecule has 0 fully saturated rings. The predicted molar refractivity (Wildman–Crippen MR) is 90.9 cm³/mol. The fourth-order valence-corrected chi connectivity index (χ4v) is 4.10. The van der Waals surface area contributed by atoms with E-state index in [4.69, 9.17) is 4.74 Å². The van der Waals surface area contributed by atoms with Gasteiger partial charge in [0.1, 0.15) is 10.6 Å². The Hall–Kier alpha value is -1.12. The minimum Gasteiger partial charge on any atom is -0.495 e. The van der Waals surface area contributed by atoms with Gasteiger partial charge in [0.2, 0.25) is 10.0 Å². The van der Waals surface area contributed by atoms with Crippen LogP contribution in [-0.4, -0.2) is 15.5 Å². The van der Waals surface area contributed by atoms with Crippen LogP contribution in [0.3, 0.4) is 0 Å². The van der Waals surface area contributed by atoms with Crippen LogP contribution in [0.1, 0.15) is 18.5 Å². The molecule has 0 unspecified atom stereocenters. The number of benzene rings is 2. The van der Waals surface area contributed by atoms with Crippen molar-refractivity contribution in [3.63, 3.8) is 0 Å². The van der Waals surface area contributed by atoms with E-state index in [1.807, 2.05) is 37.3 Å². The van der Waals surface area contributed by atoms with Crippen molar-refractivity contribution >= 4 is 32.6 Å². The van der Waals surface area contributed by atoms with Gasteiger partial charge in [-0.05, 0) is 53.3 Å². The average Bonchev–Trinajstić information content (AvgIpc) is 2.47. The smallest absolute Gasteiger partial charge is 0.244 e. The summed E-state index contributed by atoms with van der Waals surface area (Å²) in [5, 5.41) is 0. The van der Waals surface area contributed by atoms with E-state index in [2.05, 4.69) is 27.3 Å². The van der Waals surface area contributed by atoms with Crippen LogP contribution >= 0.6 is 22.6 Å². The number of hydrogen-bond acceptors (Lipinski definition) is 3. The molecule has 21 heavy (non-hydrogen) atoms. The summed E-state index contributed by atoms with van der Waals surface area (Å²) in [6, 6.07) is 14.2. The Morgan fingerprint density at radius 1 is 1.14 bits per heavy atom. The summed E-state index contributed by atoms with van der Waals surface area (Å²) >= 11 is 2.08. The number of rotatable bonds is 5. The third kappa shape index (κ3) is 3.96. The molecule has 112 valence electrons. The molecule has 6 heteroatoms. The monoisotopic (exact) mass is 417 g/mol. The number of hydrogen-bond donors (Lipinski definition) is 1. The van der Waals surface area contributed by atoms with Crippen molar-refractivity contribution in [2.75, 3.05) is 7.11 Å². The minimum absolute atomic E-state index is 0.152. The van der Waals surface area contributed by atoms with Crippen molar-refractivity contribution in [2.24, 2.45) is 0 Å². The lowest BCUT2D eigenvalue weighted by Gasteiger charge is -2.16. The zero-order chi connectivity index (χ0) is 15.5. The van der Waals surface area contributed by atoms with Crippen molar-refractivity contribution in [1.82, 2.24) is 4.72 Å². The summed E-state index contributed by atoms with van der Waals surface area (Å²) < 4.78 is 33.8. The maximum Gasteiger partial charge on any atom is 0.244 e. The third-order valence-electron chi connectivity index (χ3n) is 3.05. The average molecular weight is 417 g/mol. The predicted octanol–water partition coefficient (Wildman–Crippen LogP) is 3.34. The van der Waals surface area contributed by atoms with Crippen LogP contribution in [0.2, 0.25) is 0 Å². The van der Waals surface area contributed by atoms with Crippen LogP contribution in [0, 0.1) is 3.57 Å². The summed E-state index contributed by atoms with van der Waals surface area (Å²) in [5.41, 5.74) is 0.908. The Balaban J connectivity index is 2.33. The summed E-state index contributed by atoms with van der Waals surface area (Å²) in [6.45, 7) is 1.81. The molecule has 0 aromatic heterocycles. The Bertz CT molecular complexity index is 717. The van der Waals surface area contributed by atoms with Gasteiger partial charge in [-0.3, -0.25) is 0 Å². The maximum absolute atomic E-state index is 12.6. The molecule has 1 N–H and O–H groups in total. The van der Waals surface area contributed by atoms with Gasteiger partial charge >= 0.3 is 0 Å². The van der Waals surface area contributed by atoms with Gasteiger partial charge in [-0.15, -0.1) is 0 Å². The fraction of sp³-hybridized carbons (Fsp3) is 0.200. The topological polar surface area (TPSA) is 55.4 Å². The van der Waals surface area contributed by atoms with E-state index in [1.165, 1.54) is 7.11 Å². The molecule has 2 aromatic carbocycles.